The number of methoxy groups -OCH3 is 1. The zero-order valence-electron chi connectivity index (χ0n) is 11.9. The molecule has 0 spiro atoms. The van der Waals surface area contributed by atoms with Gasteiger partial charge < -0.3 is 24.5 Å². The van der Waals surface area contributed by atoms with E-state index in [4.69, 9.17) is 4.42 Å². The summed E-state index contributed by atoms with van der Waals surface area (Å²) in [6.45, 7) is 1.43. The maximum atomic E-state index is 11.9. The van der Waals surface area contributed by atoms with Gasteiger partial charge in [0.1, 0.15) is 6.10 Å². The third-order valence-electron chi connectivity index (χ3n) is 3.12. The van der Waals surface area contributed by atoms with Crippen LogP contribution in [0.1, 0.15) is 18.6 Å². The molecule has 2 aromatic rings. The summed E-state index contributed by atoms with van der Waals surface area (Å²) in [6, 6.07) is 3.95. The number of ether oxygens (including phenoxy) is 1. The summed E-state index contributed by atoms with van der Waals surface area (Å²) >= 11 is 0. The maximum Gasteiger partial charge on any atom is 0.342 e. The first-order valence-electron chi connectivity index (χ1n) is 6.28. The number of hydrogen-bond donors (Lipinski definition) is 3. The first kappa shape index (κ1) is 15.6. The highest BCUT2D eigenvalue weighted by Gasteiger charge is 2.17. The molecule has 22 heavy (non-hydrogen) atoms. The van der Waals surface area contributed by atoms with Crippen LogP contribution in [-0.4, -0.2) is 28.4 Å². The minimum atomic E-state index is -1.38. The molecular formula is C15H14O7. The number of aromatic hydroxyl groups is 2. The Hall–Kier alpha value is -2.80. The molecule has 0 amide bonds. The lowest BCUT2D eigenvalue weighted by molar-refractivity contribution is -0.136. The van der Waals surface area contributed by atoms with Crippen LogP contribution in [0.25, 0.3) is 11.0 Å². The van der Waals surface area contributed by atoms with Gasteiger partial charge in [0.15, 0.2) is 11.3 Å². The Kier molecular flexibility index (Phi) is 4.18. The summed E-state index contributed by atoms with van der Waals surface area (Å²) in [6.07, 6.45) is -0.222. The van der Waals surface area contributed by atoms with Crippen molar-refractivity contribution in [1.82, 2.24) is 0 Å². The van der Waals surface area contributed by atoms with E-state index >= 15 is 0 Å². The van der Waals surface area contributed by atoms with Crippen LogP contribution in [0.15, 0.2) is 39.1 Å². The molecule has 2 rings (SSSR count). The molecule has 1 aromatic carbocycles. The molecule has 1 aromatic heterocycles. The minimum absolute atomic E-state index is 0.110. The lowest BCUT2D eigenvalue weighted by atomic mass is 10.1. The predicted molar refractivity (Wildman–Crippen MR) is 76.5 cm³/mol. The van der Waals surface area contributed by atoms with Gasteiger partial charge in [0.25, 0.3) is 0 Å². The molecule has 0 saturated carbocycles. The fourth-order valence-corrected chi connectivity index (χ4v) is 1.94. The maximum absolute atomic E-state index is 11.9. The summed E-state index contributed by atoms with van der Waals surface area (Å²) in [4.78, 5) is 23.2. The Labute approximate surface area is 124 Å². The van der Waals surface area contributed by atoms with Crippen molar-refractivity contribution < 1.29 is 29.3 Å². The van der Waals surface area contributed by atoms with Crippen LogP contribution in [0, 0.1) is 0 Å². The van der Waals surface area contributed by atoms with Gasteiger partial charge in [0.2, 0.25) is 5.75 Å². The van der Waals surface area contributed by atoms with Crippen LogP contribution < -0.4 is 5.63 Å². The largest absolute Gasteiger partial charge is 0.504 e. The van der Waals surface area contributed by atoms with Crippen LogP contribution >= 0.6 is 0 Å². The van der Waals surface area contributed by atoms with Crippen molar-refractivity contribution in [2.24, 2.45) is 0 Å². The fourth-order valence-electron chi connectivity index (χ4n) is 1.94. The van der Waals surface area contributed by atoms with Crippen LogP contribution in [0.3, 0.4) is 0 Å². The number of fused-ring (bicyclic) bond motifs is 1. The second kappa shape index (κ2) is 5.90. The van der Waals surface area contributed by atoms with Crippen molar-refractivity contribution >= 4 is 16.9 Å². The highest BCUT2D eigenvalue weighted by atomic mass is 16.5. The van der Waals surface area contributed by atoms with E-state index in [2.05, 4.69) is 4.74 Å². The highest BCUT2D eigenvalue weighted by molar-refractivity contribution is 5.88. The van der Waals surface area contributed by atoms with Gasteiger partial charge in [-0.2, -0.15) is 0 Å². The van der Waals surface area contributed by atoms with E-state index in [-0.39, 0.29) is 16.7 Å². The number of aliphatic hydroxyl groups is 1. The van der Waals surface area contributed by atoms with Crippen molar-refractivity contribution in [2.45, 2.75) is 13.0 Å². The lowest BCUT2D eigenvalue weighted by Crippen LogP contribution is -2.12. The van der Waals surface area contributed by atoms with Crippen molar-refractivity contribution in [3.8, 4) is 11.5 Å². The Balaban J connectivity index is 2.53. The molecule has 0 aliphatic heterocycles. The third kappa shape index (κ3) is 2.79. The molecule has 7 nitrogen and oxygen atoms in total. The highest BCUT2D eigenvalue weighted by Crippen LogP contribution is 2.33. The van der Waals surface area contributed by atoms with Gasteiger partial charge in [0.05, 0.1) is 12.7 Å². The number of phenolic OH excluding ortho intramolecular Hbond substituents is 2. The predicted octanol–water partition coefficient (Wildman–Crippen LogP) is 1.36. The number of phenols is 2. The molecule has 1 atom stereocenters. The molecule has 7 heteroatoms. The standard InChI is InChI=1S/C15H14O7/c1-7(14(19)21-2)5-11(17)9-6-8-3-4-10(16)12(18)13(8)22-15(9)20/h3-6,11,16-18H,1-2H3/t11-/m0/s1. The molecule has 0 aliphatic rings. The zero-order chi connectivity index (χ0) is 16.4. The van der Waals surface area contributed by atoms with Gasteiger partial charge in [-0.1, -0.05) is 0 Å². The van der Waals surface area contributed by atoms with E-state index in [9.17, 15) is 24.9 Å². The second-order valence-electron chi connectivity index (χ2n) is 4.63. The fraction of sp³-hybridized carbons (Fsp3) is 0.200. The molecule has 3 N–H and O–H groups in total. The van der Waals surface area contributed by atoms with E-state index in [0.29, 0.717) is 5.39 Å². The molecule has 116 valence electrons. The average Bonchev–Trinajstić information content (AvgIpc) is 2.50. The summed E-state index contributed by atoms with van der Waals surface area (Å²) in [7, 11) is 1.20. The third-order valence-corrected chi connectivity index (χ3v) is 3.12. The van der Waals surface area contributed by atoms with E-state index in [1.165, 1.54) is 32.2 Å². The number of rotatable bonds is 3. The Bertz CT molecular complexity index is 816. The number of benzene rings is 1. The summed E-state index contributed by atoms with van der Waals surface area (Å²) in [5.41, 5.74) is -1.06. The van der Waals surface area contributed by atoms with Gasteiger partial charge in [-0.15, -0.1) is 0 Å². The van der Waals surface area contributed by atoms with Crippen LogP contribution in [0.4, 0.5) is 0 Å². The van der Waals surface area contributed by atoms with Crippen molar-refractivity contribution in [2.75, 3.05) is 7.11 Å². The molecule has 0 fully saturated rings. The van der Waals surface area contributed by atoms with Crippen molar-refractivity contribution in [3.63, 3.8) is 0 Å². The van der Waals surface area contributed by atoms with Crippen LogP contribution in [-0.2, 0) is 9.53 Å². The van der Waals surface area contributed by atoms with E-state index < -0.39 is 29.2 Å². The molecule has 1 heterocycles. The van der Waals surface area contributed by atoms with Gasteiger partial charge >= 0.3 is 11.6 Å². The molecule has 0 bridgehead atoms. The topological polar surface area (TPSA) is 117 Å². The number of carbonyl (C=O) groups is 1. The van der Waals surface area contributed by atoms with Crippen molar-refractivity contribution in [1.29, 1.82) is 0 Å². The van der Waals surface area contributed by atoms with E-state index in [0.717, 1.165) is 6.08 Å². The minimum Gasteiger partial charge on any atom is -0.504 e. The van der Waals surface area contributed by atoms with Gasteiger partial charge in [-0.25, -0.2) is 9.59 Å². The lowest BCUT2D eigenvalue weighted by Gasteiger charge is -2.08. The summed E-state index contributed by atoms with van der Waals surface area (Å²) < 4.78 is 9.42. The zero-order valence-corrected chi connectivity index (χ0v) is 11.9. The normalized spacial score (nSPS) is 13.1. The Morgan fingerprint density at radius 3 is 2.68 bits per heavy atom. The molecule has 0 unspecified atom stereocenters. The SMILES string of the molecule is COC(=O)C(C)=C[C@H](O)c1cc2ccc(O)c(O)c2oc1=O. The molecule has 0 aliphatic carbocycles. The molecule has 0 saturated heterocycles. The van der Waals surface area contributed by atoms with Gasteiger partial charge in [0, 0.05) is 11.0 Å². The monoisotopic (exact) mass is 306 g/mol. The first-order chi connectivity index (χ1) is 10.3. The Morgan fingerprint density at radius 1 is 1.36 bits per heavy atom. The van der Waals surface area contributed by atoms with E-state index in [1.807, 2.05) is 0 Å². The number of aliphatic hydroxyl groups excluding tert-OH is 1. The number of hydrogen-bond acceptors (Lipinski definition) is 7. The van der Waals surface area contributed by atoms with Gasteiger partial charge in [-0.3, -0.25) is 0 Å². The van der Waals surface area contributed by atoms with Crippen LogP contribution in [0.5, 0.6) is 11.5 Å². The number of esters is 1. The smallest absolute Gasteiger partial charge is 0.342 e. The molecular weight excluding hydrogens is 292 g/mol. The van der Waals surface area contributed by atoms with Crippen molar-refractivity contribution in [3.05, 3.63) is 45.8 Å². The summed E-state index contributed by atoms with van der Waals surface area (Å²) in [5, 5.41) is 29.4. The van der Waals surface area contributed by atoms with Crippen LogP contribution in [0.2, 0.25) is 0 Å². The first-order valence-corrected chi connectivity index (χ1v) is 6.28. The van der Waals surface area contributed by atoms with E-state index in [1.54, 1.807) is 0 Å². The molecule has 0 radical (unpaired) electrons. The van der Waals surface area contributed by atoms with Gasteiger partial charge in [-0.05, 0) is 31.2 Å². The number of carbonyl (C=O) groups excluding carboxylic acids is 1. The average molecular weight is 306 g/mol. The summed E-state index contributed by atoms with van der Waals surface area (Å²) in [5.74, 6) is -1.62. The quantitative estimate of drug-likeness (QED) is 0.339. The Morgan fingerprint density at radius 2 is 2.05 bits per heavy atom. The second-order valence-corrected chi connectivity index (χ2v) is 4.63.